The number of nitrogens with zero attached hydrogens (tertiary/aromatic N) is 6. The third-order valence-corrected chi connectivity index (χ3v) is 5.94. The van der Waals surface area contributed by atoms with Crippen molar-refractivity contribution in [2.45, 2.75) is 20.3 Å². The summed E-state index contributed by atoms with van der Waals surface area (Å²) in [4.78, 5) is 29.6. The molecule has 1 saturated heterocycles. The molecule has 1 aliphatic heterocycles. The predicted molar refractivity (Wildman–Crippen MR) is 123 cm³/mol. The summed E-state index contributed by atoms with van der Waals surface area (Å²) in [5.41, 5.74) is 4.71. The van der Waals surface area contributed by atoms with E-state index in [1.807, 2.05) is 56.1 Å². The number of hydrogen-bond acceptors (Lipinski definition) is 6. The Morgan fingerprint density at radius 2 is 1.97 bits per heavy atom. The van der Waals surface area contributed by atoms with Gasteiger partial charge in [0.25, 0.3) is 5.91 Å². The Labute approximate surface area is 186 Å². The number of amides is 1. The largest absolute Gasteiger partial charge is 0.466 e. The fraction of sp³-hybridized carbons (Fsp3) is 0.391. The lowest BCUT2D eigenvalue weighted by Gasteiger charge is -2.21. The molecule has 166 valence electrons. The molecule has 1 N–H and O–H groups in total. The van der Waals surface area contributed by atoms with Gasteiger partial charge >= 0.3 is 0 Å². The first kappa shape index (κ1) is 20.3. The van der Waals surface area contributed by atoms with Gasteiger partial charge in [0.05, 0.1) is 16.4 Å². The average molecular weight is 434 g/mol. The van der Waals surface area contributed by atoms with Crippen molar-refractivity contribution in [3.05, 3.63) is 41.6 Å². The number of imidazole rings is 1. The number of carbonyl (C=O) groups excluding carboxylic acids is 1. The molecule has 5 rings (SSSR count). The Kier molecular flexibility index (Phi) is 5.16. The number of ether oxygens (including phenoxy) is 1. The van der Waals surface area contributed by atoms with Crippen molar-refractivity contribution in [3.8, 4) is 5.88 Å². The Morgan fingerprint density at radius 1 is 1.12 bits per heavy atom. The molecule has 1 amide bonds. The van der Waals surface area contributed by atoms with Crippen molar-refractivity contribution in [2.75, 3.05) is 37.7 Å². The quantitative estimate of drug-likeness (QED) is 0.532. The highest BCUT2D eigenvalue weighted by molar-refractivity contribution is 5.86. The third-order valence-electron chi connectivity index (χ3n) is 5.94. The van der Waals surface area contributed by atoms with Gasteiger partial charge in [-0.05, 0) is 44.0 Å². The second-order valence-electron chi connectivity index (χ2n) is 8.30. The molecule has 0 bridgehead atoms. The number of aromatic nitrogens is 5. The number of benzene rings is 1. The molecule has 0 unspecified atom stereocenters. The van der Waals surface area contributed by atoms with Crippen LogP contribution in [0.15, 0.2) is 30.3 Å². The molecule has 3 aromatic heterocycles. The van der Waals surface area contributed by atoms with E-state index in [0.717, 1.165) is 58.8 Å². The zero-order valence-electron chi connectivity index (χ0n) is 18.6. The average Bonchev–Trinajstić information content (AvgIpc) is 3.23. The maximum atomic E-state index is 12.9. The van der Waals surface area contributed by atoms with Gasteiger partial charge in [-0.25, -0.2) is 14.6 Å². The Balaban J connectivity index is 1.24. The molecular formula is C23H27N7O2. The zero-order chi connectivity index (χ0) is 22.2. The number of aryl methyl sites for hydroxylation is 3. The van der Waals surface area contributed by atoms with Crippen LogP contribution in [0.4, 0.5) is 5.95 Å². The van der Waals surface area contributed by atoms with E-state index in [0.29, 0.717) is 19.0 Å². The summed E-state index contributed by atoms with van der Waals surface area (Å²) in [5.74, 6) is 1.28. The lowest BCUT2D eigenvalue weighted by Crippen LogP contribution is -2.38. The molecule has 0 atom stereocenters. The van der Waals surface area contributed by atoms with Crippen LogP contribution in [-0.4, -0.2) is 68.3 Å². The standard InChI is InChI=1S/C23H27N7O2/c1-15-13-16(2)24-21-20(15)22(27-28(21)3)32-14-19(31)29-9-6-10-30(12-11-29)23-25-17-7-4-5-8-18(17)26-23/h4-5,7-8,13H,6,9-12,14H2,1-3H3,(H,25,26). The van der Waals surface area contributed by atoms with Crippen molar-refractivity contribution in [1.29, 1.82) is 0 Å². The molecule has 0 radical (unpaired) electrons. The van der Waals surface area contributed by atoms with Gasteiger partial charge < -0.3 is 19.5 Å². The third kappa shape index (κ3) is 3.74. The van der Waals surface area contributed by atoms with Gasteiger partial charge in [0.2, 0.25) is 11.8 Å². The van der Waals surface area contributed by atoms with Crippen LogP contribution in [0.25, 0.3) is 22.1 Å². The smallest absolute Gasteiger partial charge is 0.260 e. The van der Waals surface area contributed by atoms with E-state index in [1.54, 1.807) is 4.68 Å². The molecule has 4 aromatic rings. The lowest BCUT2D eigenvalue weighted by atomic mass is 10.2. The molecule has 9 nitrogen and oxygen atoms in total. The lowest BCUT2D eigenvalue weighted by molar-refractivity contribution is -0.133. The molecule has 9 heteroatoms. The van der Waals surface area contributed by atoms with Crippen molar-refractivity contribution in [3.63, 3.8) is 0 Å². The summed E-state index contributed by atoms with van der Waals surface area (Å²) in [7, 11) is 1.84. The van der Waals surface area contributed by atoms with Crippen LogP contribution in [0.5, 0.6) is 5.88 Å². The van der Waals surface area contributed by atoms with Crippen LogP contribution < -0.4 is 9.64 Å². The molecule has 0 aliphatic carbocycles. The number of nitrogens with one attached hydrogen (secondary N) is 1. The van der Waals surface area contributed by atoms with Crippen molar-refractivity contribution >= 4 is 33.9 Å². The molecule has 32 heavy (non-hydrogen) atoms. The maximum absolute atomic E-state index is 12.9. The highest BCUT2D eigenvalue weighted by Crippen LogP contribution is 2.27. The summed E-state index contributed by atoms with van der Waals surface area (Å²) < 4.78 is 7.57. The van der Waals surface area contributed by atoms with Crippen molar-refractivity contribution < 1.29 is 9.53 Å². The van der Waals surface area contributed by atoms with E-state index in [-0.39, 0.29) is 12.5 Å². The molecule has 1 aromatic carbocycles. The SMILES string of the molecule is Cc1cc(C)c2c(OCC(=O)N3CCCN(c4nc5ccccc5[nH]4)CC3)nn(C)c2n1. The van der Waals surface area contributed by atoms with Crippen LogP contribution in [0.2, 0.25) is 0 Å². The Hall–Kier alpha value is -3.62. The number of aromatic amines is 1. The summed E-state index contributed by atoms with van der Waals surface area (Å²) in [6.45, 7) is 6.82. The van der Waals surface area contributed by atoms with Crippen LogP contribution in [0.1, 0.15) is 17.7 Å². The molecule has 1 aliphatic rings. The van der Waals surface area contributed by atoms with Gasteiger partial charge in [-0.15, -0.1) is 5.10 Å². The highest BCUT2D eigenvalue weighted by atomic mass is 16.5. The second kappa shape index (κ2) is 8.14. The summed E-state index contributed by atoms with van der Waals surface area (Å²) in [6.07, 6.45) is 0.873. The number of pyridine rings is 1. The molecule has 4 heterocycles. The number of H-pyrrole nitrogens is 1. The predicted octanol–water partition coefficient (Wildman–Crippen LogP) is 2.58. The van der Waals surface area contributed by atoms with E-state index in [9.17, 15) is 4.79 Å². The maximum Gasteiger partial charge on any atom is 0.260 e. The summed E-state index contributed by atoms with van der Waals surface area (Å²) in [6, 6.07) is 10.0. The first-order valence-electron chi connectivity index (χ1n) is 10.9. The van der Waals surface area contributed by atoms with E-state index >= 15 is 0 Å². The Bertz CT molecular complexity index is 1260. The van der Waals surface area contributed by atoms with E-state index in [2.05, 4.69) is 20.0 Å². The zero-order valence-corrected chi connectivity index (χ0v) is 18.6. The highest BCUT2D eigenvalue weighted by Gasteiger charge is 2.22. The topological polar surface area (TPSA) is 92.2 Å². The van der Waals surface area contributed by atoms with Gasteiger partial charge in [-0.3, -0.25) is 4.79 Å². The van der Waals surface area contributed by atoms with Crippen LogP contribution in [0.3, 0.4) is 0 Å². The fourth-order valence-corrected chi connectivity index (χ4v) is 4.34. The summed E-state index contributed by atoms with van der Waals surface area (Å²) >= 11 is 0. The number of rotatable bonds is 4. The van der Waals surface area contributed by atoms with Crippen LogP contribution in [0, 0.1) is 13.8 Å². The van der Waals surface area contributed by atoms with Gasteiger partial charge in [-0.1, -0.05) is 12.1 Å². The van der Waals surface area contributed by atoms with E-state index in [4.69, 9.17) is 9.72 Å². The number of hydrogen-bond donors (Lipinski definition) is 1. The van der Waals surface area contributed by atoms with Gasteiger partial charge in [0.1, 0.15) is 0 Å². The fourth-order valence-electron chi connectivity index (χ4n) is 4.34. The monoisotopic (exact) mass is 433 g/mol. The molecule has 1 fully saturated rings. The minimum absolute atomic E-state index is 0.0343. The van der Waals surface area contributed by atoms with Crippen LogP contribution >= 0.6 is 0 Å². The second-order valence-corrected chi connectivity index (χ2v) is 8.30. The molecule has 0 saturated carbocycles. The van der Waals surface area contributed by atoms with Crippen molar-refractivity contribution in [1.82, 2.24) is 29.6 Å². The minimum atomic E-state index is -0.0376. The first-order valence-corrected chi connectivity index (χ1v) is 10.9. The number of carbonyl (C=O) groups is 1. The normalized spacial score (nSPS) is 14.8. The van der Waals surface area contributed by atoms with E-state index in [1.165, 1.54) is 0 Å². The van der Waals surface area contributed by atoms with Crippen molar-refractivity contribution in [2.24, 2.45) is 7.05 Å². The van der Waals surface area contributed by atoms with Gasteiger partial charge in [-0.2, -0.15) is 0 Å². The molecular weight excluding hydrogens is 406 g/mol. The summed E-state index contributed by atoms with van der Waals surface area (Å²) in [5, 5.41) is 5.30. The number of para-hydroxylation sites is 2. The van der Waals surface area contributed by atoms with E-state index < -0.39 is 0 Å². The first-order chi connectivity index (χ1) is 15.5. The van der Waals surface area contributed by atoms with Crippen LogP contribution in [-0.2, 0) is 11.8 Å². The Morgan fingerprint density at radius 3 is 2.81 bits per heavy atom. The number of fused-ring (bicyclic) bond motifs is 2. The van der Waals surface area contributed by atoms with Gasteiger partial charge in [0, 0.05) is 38.9 Å². The van der Waals surface area contributed by atoms with Gasteiger partial charge in [0.15, 0.2) is 12.3 Å². The number of anilines is 1. The molecule has 0 spiro atoms. The minimum Gasteiger partial charge on any atom is -0.466 e.